The number of thioether (sulfide) groups is 1. The molecular weight excluding hydrogens is 550 g/mol. The molecule has 1 unspecified atom stereocenters. The zero-order valence-electron chi connectivity index (χ0n) is 23.7. The number of aryl methyl sites for hydroxylation is 1. The van der Waals surface area contributed by atoms with E-state index >= 15 is 0 Å². The van der Waals surface area contributed by atoms with E-state index in [0.29, 0.717) is 30.7 Å². The molecule has 2 saturated heterocycles. The Morgan fingerprint density at radius 3 is 2.63 bits per heavy atom. The molecule has 0 bridgehead atoms. The largest absolute Gasteiger partial charge is 0.511 e. The summed E-state index contributed by atoms with van der Waals surface area (Å²) in [6.45, 7) is 3.39. The van der Waals surface area contributed by atoms with Gasteiger partial charge in [0.2, 0.25) is 18.6 Å². The highest BCUT2D eigenvalue weighted by atomic mass is 32.2. The minimum absolute atomic E-state index is 0.00481. The molecule has 0 spiro atoms. The van der Waals surface area contributed by atoms with Crippen molar-refractivity contribution in [2.24, 2.45) is 11.8 Å². The molecule has 7 atom stereocenters. The molecule has 41 heavy (non-hydrogen) atoms. The first kappa shape index (κ1) is 29.4. The molecule has 3 aliphatic heterocycles. The van der Waals surface area contributed by atoms with Crippen LogP contribution in [0.1, 0.15) is 37.8 Å². The second kappa shape index (κ2) is 12.0. The fourth-order valence-electron chi connectivity index (χ4n) is 6.28. The van der Waals surface area contributed by atoms with Crippen molar-refractivity contribution < 1.29 is 38.5 Å². The lowest BCUT2D eigenvalue weighted by Gasteiger charge is -2.46. The van der Waals surface area contributed by atoms with Gasteiger partial charge in [0.1, 0.15) is 11.8 Å². The lowest BCUT2D eigenvalue weighted by Crippen LogP contribution is -2.63. The van der Waals surface area contributed by atoms with Crippen LogP contribution in [0.25, 0.3) is 0 Å². The van der Waals surface area contributed by atoms with E-state index in [1.165, 1.54) is 22.2 Å². The van der Waals surface area contributed by atoms with Gasteiger partial charge in [-0.1, -0.05) is 31.2 Å². The van der Waals surface area contributed by atoms with Gasteiger partial charge in [-0.2, -0.15) is 0 Å². The molecule has 1 aliphatic carbocycles. The van der Waals surface area contributed by atoms with Crippen LogP contribution in [-0.4, -0.2) is 95.8 Å². The van der Waals surface area contributed by atoms with Crippen molar-refractivity contribution >= 4 is 35.7 Å². The average Bonchev–Trinajstić information content (AvgIpc) is 3.49. The molecule has 2 N–H and O–H groups in total. The molecule has 0 saturated carbocycles. The highest BCUT2D eigenvalue weighted by molar-refractivity contribution is 8.03. The van der Waals surface area contributed by atoms with Gasteiger partial charge >= 0.3 is 12.1 Å². The number of nitrogens with one attached hydrogen (secondary N) is 1. The summed E-state index contributed by atoms with van der Waals surface area (Å²) in [7, 11) is 3.41. The first-order chi connectivity index (χ1) is 19.6. The maximum Gasteiger partial charge on any atom is 0.511 e. The van der Waals surface area contributed by atoms with E-state index in [1.807, 2.05) is 25.1 Å². The summed E-state index contributed by atoms with van der Waals surface area (Å²) >= 11 is 1.45. The van der Waals surface area contributed by atoms with Crippen molar-refractivity contribution in [1.29, 1.82) is 0 Å². The van der Waals surface area contributed by atoms with Gasteiger partial charge in [0.15, 0.2) is 0 Å². The number of ether oxygens (including phenoxy) is 3. The van der Waals surface area contributed by atoms with Crippen LogP contribution in [0.15, 0.2) is 34.9 Å². The quantitative estimate of drug-likeness (QED) is 0.264. The predicted molar refractivity (Wildman–Crippen MR) is 149 cm³/mol. The van der Waals surface area contributed by atoms with Crippen molar-refractivity contribution in [1.82, 2.24) is 15.1 Å². The van der Waals surface area contributed by atoms with Crippen LogP contribution in [0.4, 0.5) is 4.79 Å². The lowest BCUT2D eigenvalue weighted by atomic mass is 9.79. The number of hydrogen-bond acceptors (Lipinski definition) is 10. The van der Waals surface area contributed by atoms with Gasteiger partial charge in [-0.05, 0) is 37.3 Å². The average molecular weight is 588 g/mol. The predicted octanol–water partition coefficient (Wildman–Crippen LogP) is 1.82. The highest BCUT2D eigenvalue weighted by Crippen LogP contribution is 2.52. The first-order valence-corrected chi connectivity index (χ1v) is 14.9. The molecule has 5 rings (SSSR count). The molecule has 2 amide bonds. The molecule has 4 aliphatic rings. The number of benzene rings is 1. The first-order valence-electron chi connectivity index (χ1n) is 14.0. The van der Waals surface area contributed by atoms with Crippen molar-refractivity contribution in [2.75, 3.05) is 27.4 Å². The summed E-state index contributed by atoms with van der Waals surface area (Å²) < 4.78 is 15.8. The van der Waals surface area contributed by atoms with E-state index in [-0.39, 0.29) is 46.9 Å². The zero-order valence-corrected chi connectivity index (χ0v) is 24.5. The highest BCUT2D eigenvalue weighted by Gasteiger charge is 2.60. The Hall–Kier alpha value is -3.09. The minimum Gasteiger partial charge on any atom is -0.431 e. The molecule has 12 heteroatoms. The molecular formula is C29H37N3O8S. The van der Waals surface area contributed by atoms with E-state index in [4.69, 9.17) is 14.2 Å². The molecule has 222 valence electrons. The number of amides is 2. The molecule has 3 heterocycles. The van der Waals surface area contributed by atoms with E-state index in [9.17, 15) is 24.3 Å². The SMILES string of the molecule is C[C@@H](O)[C@H]1C(=O)N2C(C(=O)OCOC(=O)OC3CCc4ccccc4C3)=C(S[C@@H]3CN[C@H](C(=O)N(C)C)C3)[C@H](C)[C@H]12. The van der Waals surface area contributed by atoms with E-state index in [0.717, 1.165) is 12.0 Å². The number of aliphatic hydroxyl groups is 1. The Morgan fingerprint density at radius 2 is 1.93 bits per heavy atom. The Balaban J connectivity index is 1.21. The van der Waals surface area contributed by atoms with Gasteiger partial charge in [-0.15, -0.1) is 11.8 Å². The van der Waals surface area contributed by atoms with Crippen LogP contribution in [0.2, 0.25) is 0 Å². The number of fused-ring (bicyclic) bond motifs is 2. The van der Waals surface area contributed by atoms with Crippen LogP contribution >= 0.6 is 11.8 Å². The Kier molecular flexibility index (Phi) is 8.62. The van der Waals surface area contributed by atoms with Crippen LogP contribution in [0, 0.1) is 11.8 Å². The van der Waals surface area contributed by atoms with Gasteiger partial charge in [0.25, 0.3) is 0 Å². The topological polar surface area (TPSA) is 135 Å². The Labute approximate surface area is 243 Å². The molecule has 0 radical (unpaired) electrons. The number of nitrogens with zero attached hydrogens (tertiary/aromatic N) is 2. The number of esters is 1. The minimum atomic E-state index is -0.925. The number of carbonyl (C=O) groups is 4. The fraction of sp³-hybridized carbons (Fsp3) is 0.586. The number of β-lactam (4-membered cyclic amide) rings is 1. The maximum absolute atomic E-state index is 13.3. The Morgan fingerprint density at radius 1 is 1.20 bits per heavy atom. The van der Waals surface area contributed by atoms with Crippen molar-refractivity contribution in [2.45, 2.75) is 69.1 Å². The van der Waals surface area contributed by atoms with Crippen LogP contribution < -0.4 is 5.32 Å². The maximum atomic E-state index is 13.3. The zero-order chi connectivity index (χ0) is 29.4. The third kappa shape index (κ3) is 5.82. The van der Waals surface area contributed by atoms with E-state index < -0.39 is 30.9 Å². The van der Waals surface area contributed by atoms with Gasteiger partial charge in [0.05, 0.1) is 24.1 Å². The summed E-state index contributed by atoms with van der Waals surface area (Å²) in [6.07, 6.45) is 0.524. The van der Waals surface area contributed by atoms with E-state index in [2.05, 4.69) is 11.4 Å². The monoisotopic (exact) mass is 587 g/mol. The molecule has 1 aromatic carbocycles. The smallest absolute Gasteiger partial charge is 0.431 e. The van der Waals surface area contributed by atoms with Gasteiger partial charge in [-0.3, -0.25) is 9.59 Å². The van der Waals surface area contributed by atoms with Crippen molar-refractivity contribution in [3.8, 4) is 0 Å². The fourth-order valence-corrected chi connectivity index (χ4v) is 7.75. The van der Waals surface area contributed by atoms with Gasteiger partial charge < -0.3 is 34.4 Å². The molecule has 1 aromatic rings. The van der Waals surface area contributed by atoms with Gasteiger partial charge in [0, 0.05) is 43.1 Å². The van der Waals surface area contributed by atoms with Crippen molar-refractivity contribution in [3.05, 3.63) is 46.0 Å². The third-order valence-electron chi connectivity index (χ3n) is 8.36. The standard InChI is InChI=1S/C29H37N3O8S/c1-15-23-22(16(2)33)27(35)32(23)24(25(15)41-20-12-21(30-13-20)26(34)31(3)4)28(36)38-14-39-29(37)40-19-10-9-17-7-5-6-8-18(17)11-19/h5-8,15-16,19-23,30,33H,9-14H2,1-4H3/t15-,16-,19?,20+,21+,22-,23-/m1/s1. The van der Waals surface area contributed by atoms with Gasteiger partial charge in [-0.25, -0.2) is 9.59 Å². The second-order valence-corrected chi connectivity index (χ2v) is 12.7. The summed E-state index contributed by atoms with van der Waals surface area (Å²) in [6, 6.07) is 7.32. The number of likely N-dealkylation sites (N-methyl/N-ethyl adjacent to an activating group) is 1. The Bertz CT molecular complexity index is 1250. The summed E-state index contributed by atoms with van der Waals surface area (Å²) in [5.41, 5.74) is 2.49. The summed E-state index contributed by atoms with van der Waals surface area (Å²) in [4.78, 5) is 54.6. The van der Waals surface area contributed by atoms with Crippen LogP contribution in [0.5, 0.6) is 0 Å². The normalized spacial score (nSPS) is 29.3. The third-order valence-corrected chi connectivity index (χ3v) is 9.87. The summed E-state index contributed by atoms with van der Waals surface area (Å²) in [5.74, 6) is -1.99. The lowest BCUT2D eigenvalue weighted by molar-refractivity contribution is -0.167. The number of rotatable bonds is 8. The molecule has 11 nitrogen and oxygen atoms in total. The summed E-state index contributed by atoms with van der Waals surface area (Å²) in [5, 5.41) is 13.5. The molecule has 0 aromatic heterocycles. The van der Waals surface area contributed by atoms with Crippen LogP contribution in [-0.2, 0) is 41.4 Å². The van der Waals surface area contributed by atoms with E-state index in [1.54, 1.807) is 25.9 Å². The number of carbonyl (C=O) groups excluding carboxylic acids is 4. The molecule has 2 fully saturated rings. The van der Waals surface area contributed by atoms with Crippen molar-refractivity contribution in [3.63, 3.8) is 0 Å². The number of hydrogen-bond donors (Lipinski definition) is 2. The second-order valence-electron chi connectivity index (χ2n) is 11.3. The number of aliphatic hydroxyl groups excluding tert-OH is 1. The van der Waals surface area contributed by atoms with Crippen LogP contribution in [0.3, 0.4) is 0 Å².